The summed E-state index contributed by atoms with van der Waals surface area (Å²) in [6.45, 7) is 4.44. The molecule has 4 nitrogen and oxygen atoms in total. The minimum Gasteiger partial charge on any atom is -0.299 e. The Hall–Kier alpha value is -1.39. The number of halogens is 1. The average molecular weight is 295 g/mol. The Morgan fingerprint density at radius 2 is 2.00 bits per heavy atom. The zero-order valence-electron chi connectivity index (χ0n) is 11.7. The van der Waals surface area contributed by atoms with Gasteiger partial charge in [-0.1, -0.05) is 30.7 Å². The van der Waals surface area contributed by atoms with E-state index < -0.39 is 6.04 Å². The molecule has 108 valence electrons. The molecule has 1 heterocycles. The van der Waals surface area contributed by atoms with Crippen LogP contribution in [0.15, 0.2) is 24.3 Å². The highest BCUT2D eigenvalue weighted by atomic mass is 35.5. The van der Waals surface area contributed by atoms with Gasteiger partial charge in [-0.05, 0) is 31.0 Å². The molecule has 0 bridgehead atoms. The Bertz CT molecular complexity index is 501. The molecule has 0 radical (unpaired) electrons. The molecule has 1 aliphatic rings. The lowest BCUT2D eigenvalue weighted by Gasteiger charge is -2.19. The summed E-state index contributed by atoms with van der Waals surface area (Å²) in [5, 5.41) is 3.91. The van der Waals surface area contributed by atoms with E-state index in [1.165, 1.54) is 4.90 Å². The van der Waals surface area contributed by atoms with E-state index in [9.17, 15) is 9.59 Å². The third kappa shape index (κ3) is 3.19. The van der Waals surface area contributed by atoms with Gasteiger partial charge < -0.3 is 0 Å². The predicted molar refractivity (Wildman–Crippen MR) is 78.4 cm³/mol. The quantitative estimate of drug-likeness (QED) is 0.849. The van der Waals surface area contributed by atoms with E-state index in [0.717, 1.165) is 12.0 Å². The van der Waals surface area contributed by atoms with Crippen LogP contribution in [0.4, 0.5) is 0 Å². The van der Waals surface area contributed by atoms with Crippen LogP contribution in [-0.2, 0) is 9.59 Å². The second kappa shape index (κ2) is 6.37. The summed E-state index contributed by atoms with van der Waals surface area (Å²) in [7, 11) is 0. The lowest BCUT2D eigenvalue weighted by Crippen LogP contribution is -2.40. The largest absolute Gasteiger partial charge is 0.299 e. The topological polar surface area (TPSA) is 49.4 Å². The van der Waals surface area contributed by atoms with Gasteiger partial charge in [0.25, 0.3) is 0 Å². The fraction of sp³-hybridized carbons (Fsp3) is 0.467. The third-order valence-electron chi connectivity index (χ3n) is 3.51. The van der Waals surface area contributed by atoms with Crippen LogP contribution in [0, 0.1) is 0 Å². The minimum absolute atomic E-state index is 0.00408. The second-order valence-corrected chi connectivity index (χ2v) is 5.52. The Morgan fingerprint density at radius 3 is 2.60 bits per heavy atom. The first-order valence-electron chi connectivity index (χ1n) is 6.88. The number of nitrogens with one attached hydrogen (secondary N) is 1. The molecule has 5 heteroatoms. The fourth-order valence-electron chi connectivity index (χ4n) is 2.42. The van der Waals surface area contributed by atoms with Crippen LogP contribution in [0.3, 0.4) is 0 Å². The van der Waals surface area contributed by atoms with Gasteiger partial charge in [-0.3, -0.25) is 19.8 Å². The smallest absolute Gasteiger partial charge is 0.246 e. The number of nitrogens with zero attached hydrogens (tertiary/aromatic N) is 1. The number of likely N-dealkylation sites (tertiary alicyclic amines) is 1. The minimum atomic E-state index is -0.417. The van der Waals surface area contributed by atoms with Crippen molar-refractivity contribution in [2.45, 2.75) is 38.8 Å². The number of amides is 2. The maximum absolute atomic E-state index is 12.1. The molecule has 2 unspecified atom stereocenters. The monoisotopic (exact) mass is 294 g/mol. The number of carbonyl (C=O) groups excluding carboxylic acids is 2. The lowest BCUT2D eigenvalue weighted by atomic mass is 10.1. The van der Waals surface area contributed by atoms with E-state index in [4.69, 9.17) is 11.6 Å². The van der Waals surface area contributed by atoms with Gasteiger partial charge >= 0.3 is 0 Å². The van der Waals surface area contributed by atoms with Crippen LogP contribution in [-0.4, -0.2) is 29.3 Å². The molecule has 20 heavy (non-hydrogen) atoms. The van der Waals surface area contributed by atoms with Crippen LogP contribution >= 0.6 is 11.6 Å². The number of carbonyl (C=O) groups is 2. The van der Waals surface area contributed by atoms with Gasteiger partial charge in [0, 0.05) is 17.6 Å². The maximum atomic E-state index is 12.1. The number of imide groups is 1. The van der Waals surface area contributed by atoms with Crippen molar-refractivity contribution in [3.63, 3.8) is 0 Å². The van der Waals surface area contributed by atoms with Crippen molar-refractivity contribution in [1.29, 1.82) is 0 Å². The summed E-state index contributed by atoms with van der Waals surface area (Å²) in [6, 6.07) is 7.06. The van der Waals surface area contributed by atoms with Crippen LogP contribution in [0.1, 0.15) is 38.3 Å². The maximum Gasteiger partial charge on any atom is 0.246 e. The molecule has 1 fully saturated rings. The molecule has 0 saturated carbocycles. The van der Waals surface area contributed by atoms with E-state index in [1.54, 1.807) is 0 Å². The van der Waals surface area contributed by atoms with Gasteiger partial charge in [-0.15, -0.1) is 0 Å². The molecule has 2 rings (SSSR count). The van der Waals surface area contributed by atoms with Crippen molar-refractivity contribution in [3.05, 3.63) is 34.9 Å². The molecule has 0 aromatic heterocycles. The van der Waals surface area contributed by atoms with Gasteiger partial charge in [0.15, 0.2) is 0 Å². The molecule has 1 N–H and O–H groups in total. The number of hydrogen-bond donors (Lipinski definition) is 1. The summed E-state index contributed by atoms with van der Waals surface area (Å²) in [5.41, 5.74) is 1.04. The zero-order chi connectivity index (χ0) is 14.7. The highest BCUT2D eigenvalue weighted by Gasteiger charge is 2.38. The Balaban J connectivity index is 2.01. The molecular weight excluding hydrogens is 276 g/mol. The summed E-state index contributed by atoms with van der Waals surface area (Å²) >= 11 is 5.86. The molecule has 1 saturated heterocycles. The van der Waals surface area contributed by atoms with Crippen LogP contribution < -0.4 is 5.32 Å². The highest BCUT2D eigenvalue weighted by Crippen LogP contribution is 2.20. The Morgan fingerprint density at radius 1 is 1.35 bits per heavy atom. The Labute approximate surface area is 124 Å². The lowest BCUT2D eigenvalue weighted by molar-refractivity contribution is -0.138. The van der Waals surface area contributed by atoms with Crippen LogP contribution in [0.25, 0.3) is 0 Å². The van der Waals surface area contributed by atoms with E-state index in [1.807, 2.05) is 38.1 Å². The molecule has 0 aliphatic carbocycles. The molecule has 2 atom stereocenters. The molecule has 1 aromatic rings. The average Bonchev–Trinajstić information content (AvgIpc) is 2.67. The molecule has 2 amide bonds. The van der Waals surface area contributed by atoms with Gasteiger partial charge in [0.05, 0.1) is 12.5 Å². The predicted octanol–water partition coefficient (Wildman–Crippen LogP) is 2.53. The standard InChI is InChI=1S/C15H19ClN2O2/c1-3-8-18-14(19)9-13(15(18)20)17-10(2)11-4-6-12(16)7-5-11/h4-7,10,13,17H,3,8-9H2,1-2H3. The Kier molecular flexibility index (Phi) is 4.78. The molecule has 0 spiro atoms. The fourth-order valence-corrected chi connectivity index (χ4v) is 2.55. The zero-order valence-corrected chi connectivity index (χ0v) is 12.5. The molecule has 1 aromatic carbocycles. The van der Waals surface area contributed by atoms with Gasteiger partial charge in [-0.2, -0.15) is 0 Å². The van der Waals surface area contributed by atoms with Crippen molar-refractivity contribution < 1.29 is 9.59 Å². The van der Waals surface area contributed by atoms with E-state index >= 15 is 0 Å². The van der Waals surface area contributed by atoms with Crippen molar-refractivity contribution in [2.75, 3.05) is 6.54 Å². The first-order valence-corrected chi connectivity index (χ1v) is 7.26. The van der Waals surface area contributed by atoms with Crippen molar-refractivity contribution in [3.8, 4) is 0 Å². The summed E-state index contributed by atoms with van der Waals surface area (Å²) in [5.74, 6) is -0.199. The number of rotatable bonds is 5. The second-order valence-electron chi connectivity index (χ2n) is 5.08. The van der Waals surface area contributed by atoms with Crippen LogP contribution in [0.5, 0.6) is 0 Å². The number of hydrogen-bond acceptors (Lipinski definition) is 3. The van der Waals surface area contributed by atoms with E-state index in [0.29, 0.717) is 11.6 Å². The molecular formula is C15H19ClN2O2. The normalized spacial score (nSPS) is 20.6. The summed E-state index contributed by atoms with van der Waals surface area (Å²) in [4.78, 5) is 25.3. The van der Waals surface area contributed by atoms with Crippen molar-refractivity contribution >= 4 is 23.4 Å². The number of benzene rings is 1. The van der Waals surface area contributed by atoms with E-state index in [2.05, 4.69) is 5.32 Å². The van der Waals surface area contributed by atoms with Gasteiger partial charge in [0.2, 0.25) is 11.8 Å². The van der Waals surface area contributed by atoms with E-state index in [-0.39, 0.29) is 24.3 Å². The summed E-state index contributed by atoms with van der Waals surface area (Å²) < 4.78 is 0. The first kappa shape index (κ1) is 15.0. The van der Waals surface area contributed by atoms with Crippen molar-refractivity contribution in [2.24, 2.45) is 0 Å². The van der Waals surface area contributed by atoms with Crippen LogP contribution in [0.2, 0.25) is 5.02 Å². The molecule has 1 aliphatic heterocycles. The van der Waals surface area contributed by atoms with Gasteiger partial charge in [0.1, 0.15) is 0 Å². The van der Waals surface area contributed by atoms with Gasteiger partial charge in [-0.25, -0.2) is 0 Å². The SMILES string of the molecule is CCCN1C(=O)CC(NC(C)c2ccc(Cl)cc2)C1=O. The first-order chi connectivity index (χ1) is 9.52. The summed E-state index contributed by atoms with van der Waals surface area (Å²) in [6.07, 6.45) is 1.04. The highest BCUT2D eigenvalue weighted by molar-refractivity contribution is 6.30. The van der Waals surface area contributed by atoms with Crippen molar-refractivity contribution in [1.82, 2.24) is 10.2 Å². The third-order valence-corrected chi connectivity index (χ3v) is 3.76.